The van der Waals surface area contributed by atoms with Gasteiger partial charge in [0.05, 0.1) is 46.2 Å². The van der Waals surface area contributed by atoms with Crippen LogP contribution in [-0.4, -0.2) is 34.9 Å². The molecule has 12 heteroatoms. The summed E-state index contributed by atoms with van der Waals surface area (Å²) >= 11 is 0. The van der Waals surface area contributed by atoms with Crippen molar-refractivity contribution in [3.05, 3.63) is 102 Å². The maximum absolute atomic E-state index is 11.1. The molecule has 4 rings (SSSR count). The Morgan fingerprint density at radius 3 is 1.69 bits per heavy atom. The summed E-state index contributed by atoms with van der Waals surface area (Å²) in [5.74, 6) is -1.46. The number of nitrogens with two attached hydrogens (primary N) is 1. The van der Waals surface area contributed by atoms with Crippen molar-refractivity contribution in [3.8, 4) is 5.75 Å². The third kappa shape index (κ3) is 5.91. The van der Waals surface area contributed by atoms with Gasteiger partial charge < -0.3 is 15.3 Å². The zero-order valence-electron chi connectivity index (χ0n) is 19.5. The number of anilines is 2. The van der Waals surface area contributed by atoms with Gasteiger partial charge in [-0.2, -0.15) is 0 Å². The molecule has 36 heavy (non-hydrogen) atoms. The summed E-state index contributed by atoms with van der Waals surface area (Å²) in [6.45, 7) is 2.28. The number of nitro groups is 3. The minimum absolute atomic E-state index is 0.384. The predicted octanol–water partition coefficient (Wildman–Crippen LogP) is 2.99. The van der Waals surface area contributed by atoms with Crippen molar-refractivity contribution in [2.45, 2.75) is 19.3 Å². The first-order valence-corrected chi connectivity index (χ1v) is 11.2. The second-order valence-corrected chi connectivity index (χ2v) is 8.04. The van der Waals surface area contributed by atoms with Gasteiger partial charge in [-0.3, -0.25) is 30.3 Å². The Balaban J connectivity index is 0.000000207. The Labute approximate surface area is 206 Å². The van der Waals surface area contributed by atoms with Crippen LogP contribution in [0.1, 0.15) is 17.5 Å². The highest BCUT2D eigenvalue weighted by molar-refractivity contribution is 5.71. The van der Waals surface area contributed by atoms with Crippen LogP contribution < -0.4 is 15.3 Å². The predicted molar refractivity (Wildman–Crippen MR) is 130 cm³/mol. The highest BCUT2D eigenvalue weighted by Gasteiger charge is 2.24. The number of hydrogen-bond acceptors (Lipinski definition) is 8. The number of para-hydroxylation sites is 2. The lowest BCUT2D eigenvalue weighted by Crippen LogP contribution is -2.79. The topological polar surface area (TPSA) is 172 Å². The Morgan fingerprint density at radius 1 is 0.806 bits per heavy atom. The van der Waals surface area contributed by atoms with Crippen LogP contribution in [0.15, 0.2) is 60.7 Å². The van der Waals surface area contributed by atoms with Gasteiger partial charge in [0.1, 0.15) is 0 Å². The van der Waals surface area contributed by atoms with Gasteiger partial charge in [-0.1, -0.05) is 36.4 Å². The van der Waals surface area contributed by atoms with E-state index < -0.39 is 37.6 Å². The summed E-state index contributed by atoms with van der Waals surface area (Å²) in [6, 6.07) is 18.5. The number of fused-ring (bicyclic) bond motifs is 2. The van der Waals surface area contributed by atoms with E-state index in [2.05, 4.69) is 65.8 Å². The lowest BCUT2D eigenvalue weighted by atomic mass is 10.0. The molecule has 0 amide bonds. The van der Waals surface area contributed by atoms with Crippen molar-refractivity contribution < 1.29 is 25.2 Å². The van der Waals surface area contributed by atoms with Crippen LogP contribution in [-0.2, 0) is 12.8 Å². The summed E-state index contributed by atoms with van der Waals surface area (Å²) in [4.78, 5) is 30.0. The number of hydrogen-bond donors (Lipinski definition) is 1. The molecule has 0 saturated carbocycles. The molecule has 0 unspecified atom stereocenters. The quantitative estimate of drug-likeness (QED) is 0.296. The summed E-state index contributed by atoms with van der Waals surface area (Å²) in [7, 11) is 2.14. The number of nitro benzene ring substituents is 3. The highest BCUT2D eigenvalue weighted by Crippen LogP contribution is 2.37. The van der Waals surface area contributed by atoms with Gasteiger partial charge in [0.2, 0.25) is 0 Å². The smallest absolute Gasteiger partial charge is 0.283 e. The highest BCUT2D eigenvalue weighted by atomic mass is 16.6. The van der Waals surface area contributed by atoms with E-state index in [1.165, 1.54) is 35.5 Å². The van der Waals surface area contributed by atoms with E-state index in [1.54, 1.807) is 0 Å². The molecule has 1 heterocycles. The van der Waals surface area contributed by atoms with Gasteiger partial charge in [0, 0.05) is 24.3 Å². The van der Waals surface area contributed by atoms with Crippen molar-refractivity contribution in [1.29, 1.82) is 0 Å². The molecule has 0 fully saturated rings. The molecule has 1 aliphatic rings. The molecule has 188 valence electrons. The van der Waals surface area contributed by atoms with E-state index in [-0.39, 0.29) is 0 Å². The first-order chi connectivity index (χ1) is 17.2. The van der Waals surface area contributed by atoms with Crippen LogP contribution in [0.3, 0.4) is 0 Å². The van der Waals surface area contributed by atoms with Gasteiger partial charge in [-0.25, -0.2) is 0 Å². The first kappa shape index (κ1) is 26.0. The molecule has 12 nitrogen and oxygen atoms in total. The molecular formula is C24H25N5O7. The van der Waals surface area contributed by atoms with Crippen LogP contribution in [0, 0.1) is 30.3 Å². The second-order valence-electron chi connectivity index (χ2n) is 8.04. The lowest BCUT2D eigenvalue weighted by molar-refractivity contribution is -0.626. The first-order valence-electron chi connectivity index (χ1n) is 11.2. The van der Waals surface area contributed by atoms with E-state index >= 15 is 0 Å². The number of aryl methyl sites for hydroxylation is 2. The number of rotatable bonds is 7. The number of quaternary nitrogens is 1. The zero-order chi connectivity index (χ0) is 26.2. The Morgan fingerprint density at radius 2 is 1.28 bits per heavy atom. The molecule has 0 radical (unpaired) electrons. The molecular weight excluding hydrogens is 470 g/mol. The second kappa shape index (κ2) is 11.7. The third-order valence-electron chi connectivity index (χ3n) is 5.74. The van der Waals surface area contributed by atoms with Crippen molar-refractivity contribution in [2.75, 3.05) is 25.0 Å². The van der Waals surface area contributed by atoms with Crippen LogP contribution in [0.25, 0.3) is 0 Å². The minimum Gasteiger partial charge on any atom is -0.863 e. The number of non-ortho nitro benzene ring substituents is 1. The maximum atomic E-state index is 11.1. The zero-order valence-corrected chi connectivity index (χ0v) is 19.5. The van der Waals surface area contributed by atoms with Gasteiger partial charge >= 0.3 is 0 Å². The standard InChI is InChI=1S/C18H22N2.C6H3N3O7/c1-19-13-6-14-20-17-9-4-2-7-15(17)11-12-16-8-3-5-10-18(16)20;10-6-4(8(13)14)1-3(7(11)12)2-5(6)9(15)16/h2-5,7-10,19H,6,11-14H2,1H3;1-2,10H. The largest absolute Gasteiger partial charge is 0.863 e. The lowest BCUT2D eigenvalue weighted by Gasteiger charge is -2.26. The van der Waals surface area contributed by atoms with Crippen molar-refractivity contribution in [1.82, 2.24) is 0 Å². The van der Waals surface area contributed by atoms with Crippen LogP contribution in [0.5, 0.6) is 5.75 Å². The maximum Gasteiger partial charge on any atom is 0.283 e. The molecule has 0 atom stereocenters. The van der Waals surface area contributed by atoms with Gasteiger partial charge in [-0.15, -0.1) is 0 Å². The normalized spacial score (nSPS) is 11.9. The van der Waals surface area contributed by atoms with E-state index in [4.69, 9.17) is 0 Å². The average Bonchev–Trinajstić information content (AvgIpc) is 3.01. The summed E-state index contributed by atoms with van der Waals surface area (Å²) in [5.41, 5.74) is 2.48. The third-order valence-corrected chi connectivity index (χ3v) is 5.74. The fourth-order valence-corrected chi connectivity index (χ4v) is 4.03. The van der Waals surface area contributed by atoms with E-state index in [1.807, 2.05) is 0 Å². The number of benzene rings is 3. The SMILES string of the molecule is C[NH2+]CCCN1c2ccccc2CCc2ccccc21.O=[N+]([O-])c1cc([N+](=O)[O-])c([O-])c([N+](=O)[O-])c1. The number of nitrogens with zero attached hydrogens (tertiary/aromatic N) is 4. The molecule has 3 aromatic rings. The molecule has 2 N–H and O–H groups in total. The average molecular weight is 495 g/mol. The van der Waals surface area contributed by atoms with Crippen molar-refractivity contribution in [3.63, 3.8) is 0 Å². The summed E-state index contributed by atoms with van der Waals surface area (Å²) in [6.07, 6.45) is 3.49. The van der Waals surface area contributed by atoms with Gasteiger partial charge in [0.15, 0.2) is 0 Å². The Kier molecular flexibility index (Phi) is 8.47. The molecule has 0 spiro atoms. The van der Waals surface area contributed by atoms with Crippen LogP contribution >= 0.6 is 0 Å². The van der Waals surface area contributed by atoms with Gasteiger partial charge in [-0.05, 0) is 36.1 Å². The fraction of sp³-hybridized carbons (Fsp3) is 0.250. The minimum atomic E-state index is -1.46. The Hall–Kier alpha value is -4.58. The molecule has 0 aliphatic carbocycles. The fourth-order valence-electron chi connectivity index (χ4n) is 4.03. The molecule has 0 bridgehead atoms. The van der Waals surface area contributed by atoms with E-state index in [0.29, 0.717) is 12.1 Å². The molecule has 0 aromatic heterocycles. The summed E-state index contributed by atoms with van der Waals surface area (Å²) < 4.78 is 0. The van der Waals surface area contributed by atoms with E-state index in [9.17, 15) is 35.4 Å². The molecule has 3 aromatic carbocycles. The van der Waals surface area contributed by atoms with E-state index in [0.717, 1.165) is 19.4 Å². The monoisotopic (exact) mass is 495 g/mol. The van der Waals surface area contributed by atoms with Crippen LogP contribution in [0.4, 0.5) is 28.4 Å². The molecule has 0 saturated heterocycles. The van der Waals surface area contributed by atoms with Crippen LogP contribution in [0.2, 0.25) is 0 Å². The summed E-state index contributed by atoms with van der Waals surface area (Å²) in [5, 5.41) is 44.4. The molecule has 1 aliphatic heterocycles. The van der Waals surface area contributed by atoms with Crippen molar-refractivity contribution in [2.24, 2.45) is 0 Å². The van der Waals surface area contributed by atoms with Crippen molar-refractivity contribution >= 4 is 28.4 Å². The van der Waals surface area contributed by atoms with Gasteiger partial charge in [0.25, 0.3) is 17.1 Å². The Bertz CT molecular complexity index is 1200.